The van der Waals surface area contributed by atoms with E-state index in [-0.39, 0.29) is 24.0 Å². The fraction of sp³-hybridized carbons (Fsp3) is 0.500. The van der Waals surface area contributed by atoms with Crippen molar-refractivity contribution in [2.45, 2.75) is 45.3 Å². The molecular weight excluding hydrogens is 368 g/mol. The van der Waals surface area contributed by atoms with Gasteiger partial charge in [0.05, 0.1) is 23.4 Å². The Balaban J connectivity index is 1.43. The molecular formula is C22H28N4O3. The highest BCUT2D eigenvalue weighted by Gasteiger charge is 2.43. The van der Waals surface area contributed by atoms with Gasteiger partial charge in [0, 0.05) is 31.5 Å². The molecule has 2 fully saturated rings. The fourth-order valence-electron chi connectivity index (χ4n) is 4.22. The minimum atomic E-state index is -0.387. The summed E-state index contributed by atoms with van der Waals surface area (Å²) < 4.78 is 7.87. The van der Waals surface area contributed by atoms with E-state index in [2.05, 4.69) is 12.0 Å². The third-order valence-corrected chi connectivity index (χ3v) is 5.91. The van der Waals surface area contributed by atoms with Crippen LogP contribution in [0.25, 0.3) is 0 Å². The van der Waals surface area contributed by atoms with Crippen LogP contribution >= 0.6 is 0 Å². The topological polar surface area (TPSA) is 67.7 Å². The first-order valence-corrected chi connectivity index (χ1v) is 10.3. The van der Waals surface area contributed by atoms with Crippen LogP contribution < -0.4 is 4.90 Å². The number of morpholine rings is 1. The number of ether oxygens (including phenoxy) is 1. The second-order valence-corrected chi connectivity index (χ2v) is 7.97. The van der Waals surface area contributed by atoms with E-state index in [4.69, 9.17) is 4.74 Å². The van der Waals surface area contributed by atoms with Crippen LogP contribution in [0.15, 0.2) is 36.5 Å². The molecule has 1 aromatic carbocycles. The monoisotopic (exact) mass is 396 g/mol. The molecule has 0 radical (unpaired) electrons. The lowest BCUT2D eigenvalue weighted by molar-refractivity contribution is -0.143. The number of nitrogens with zero attached hydrogens (tertiary/aromatic N) is 4. The molecule has 4 rings (SSSR count). The predicted octanol–water partition coefficient (Wildman–Crippen LogP) is 2.64. The van der Waals surface area contributed by atoms with E-state index < -0.39 is 0 Å². The zero-order valence-electron chi connectivity index (χ0n) is 17.1. The highest BCUT2D eigenvalue weighted by atomic mass is 16.5. The molecule has 0 bridgehead atoms. The van der Waals surface area contributed by atoms with Crippen LogP contribution in [0.3, 0.4) is 0 Å². The average molecular weight is 396 g/mol. The van der Waals surface area contributed by atoms with Crippen molar-refractivity contribution in [1.29, 1.82) is 0 Å². The summed E-state index contributed by atoms with van der Waals surface area (Å²) >= 11 is 0. The first kappa shape index (κ1) is 19.6. The molecule has 1 aromatic heterocycles. The molecule has 7 heteroatoms. The maximum absolute atomic E-state index is 13.0. The summed E-state index contributed by atoms with van der Waals surface area (Å²) in [6.45, 7) is 6.66. The Kier molecular flexibility index (Phi) is 5.41. The van der Waals surface area contributed by atoms with Gasteiger partial charge in [-0.1, -0.05) is 25.1 Å². The molecule has 154 valence electrons. The number of hydrogen-bond donors (Lipinski definition) is 0. The summed E-state index contributed by atoms with van der Waals surface area (Å²) in [4.78, 5) is 29.1. The maximum atomic E-state index is 13.0. The Labute approximate surface area is 171 Å². The number of aromatic nitrogens is 2. The van der Waals surface area contributed by atoms with Crippen molar-refractivity contribution >= 4 is 17.5 Å². The number of aryl methyl sites for hydroxylation is 2. The molecule has 3 heterocycles. The van der Waals surface area contributed by atoms with Crippen LogP contribution in [0.2, 0.25) is 0 Å². The number of carbonyl (C=O) groups is 2. The van der Waals surface area contributed by atoms with E-state index >= 15 is 0 Å². The first-order chi connectivity index (χ1) is 14.0. The SMILES string of the molecule is CCCn1cc(C(=O)N2CCC3(CC2)CN(c2ccccc2)C(=O)CO3)c(C)n1. The van der Waals surface area contributed by atoms with Crippen LogP contribution in [0.4, 0.5) is 5.69 Å². The van der Waals surface area contributed by atoms with E-state index in [0.29, 0.717) is 25.2 Å². The summed E-state index contributed by atoms with van der Waals surface area (Å²) in [5.74, 6) is 0.0193. The summed E-state index contributed by atoms with van der Waals surface area (Å²) in [5.41, 5.74) is 1.97. The lowest BCUT2D eigenvalue weighted by atomic mass is 9.88. The van der Waals surface area contributed by atoms with Crippen LogP contribution in [0.5, 0.6) is 0 Å². The van der Waals surface area contributed by atoms with Gasteiger partial charge < -0.3 is 14.5 Å². The van der Waals surface area contributed by atoms with Gasteiger partial charge in [0.25, 0.3) is 11.8 Å². The van der Waals surface area contributed by atoms with Crippen LogP contribution in [0.1, 0.15) is 42.2 Å². The molecule has 2 aromatic rings. The standard InChI is InChI=1S/C22H28N4O3/c1-3-11-25-14-19(17(2)23-25)21(28)24-12-9-22(10-13-24)16-26(20(27)15-29-22)18-7-5-4-6-8-18/h4-8,14H,3,9-13,15-16H2,1-2H3. The number of carbonyl (C=O) groups excluding carboxylic acids is 2. The second kappa shape index (κ2) is 7.99. The smallest absolute Gasteiger partial charge is 0.257 e. The second-order valence-electron chi connectivity index (χ2n) is 7.97. The molecule has 2 amide bonds. The highest BCUT2D eigenvalue weighted by molar-refractivity contribution is 5.96. The molecule has 0 aliphatic carbocycles. The number of rotatable bonds is 4. The molecule has 2 saturated heterocycles. The van der Waals surface area contributed by atoms with Crippen molar-refractivity contribution in [3.8, 4) is 0 Å². The largest absolute Gasteiger partial charge is 0.363 e. The van der Waals surface area contributed by atoms with Crippen LogP contribution in [-0.2, 0) is 16.1 Å². The molecule has 0 unspecified atom stereocenters. The molecule has 7 nitrogen and oxygen atoms in total. The number of benzene rings is 1. The zero-order valence-corrected chi connectivity index (χ0v) is 17.1. The van der Waals surface area contributed by atoms with Gasteiger partial charge in [-0.3, -0.25) is 14.3 Å². The van der Waals surface area contributed by atoms with E-state index in [1.807, 2.05) is 57.9 Å². The van der Waals surface area contributed by atoms with E-state index in [0.717, 1.165) is 37.2 Å². The first-order valence-electron chi connectivity index (χ1n) is 10.3. The quantitative estimate of drug-likeness (QED) is 0.797. The minimum Gasteiger partial charge on any atom is -0.363 e. The number of amides is 2. The van der Waals surface area contributed by atoms with Crippen molar-refractivity contribution < 1.29 is 14.3 Å². The van der Waals surface area contributed by atoms with Gasteiger partial charge in [-0.05, 0) is 38.3 Å². The molecule has 2 aliphatic rings. The molecule has 0 atom stereocenters. The third kappa shape index (κ3) is 3.92. The van der Waals surface area contributed by atoms with Gasteiger partial charge in [0.15, 0.2) is 0 Å². The van der Waals surface area contributed by atoms with Crippen molar-refractivity contribution in [3.63, 3.8) is 0 Å². The molecule has 29 heavy (non-hydrogen) atoms. The summed E-state index contributed by atoms with van der Waals surface area (Å²) in [6.07, 6.45) is 4.28. The van der Waals surface area contributed by atoms with Crippen molar-refractivity contribution in [2.24, 2.45) is 0 Å². The Morgan fingerprint density at radius 1 is 1.21 bits per heavy atom. The summed E-state index contributed by atoms with van der Waals surface area (Å²) in [6, 6.07) is 9.72. The van der Waals surface area contributed by atoms with Gasteiger partial charge >= 0.3 is 0 Å². The third-order valence-electron chi connectivity index (χ3n) is 5.91. The molecule has 1 spiro atoms. The van der Waals surface area contributed by atoms with Crippen LogP contribution in [0, 0.1) is 6.92 Å². The Morgan fingerprint density at radius 2 is 1.93 bits per heavy atom. The lowest BCUT2D eigenvalue weighted by Crippen LogP contribution is -2.59. The Morgan fingerprint density at radius 3 is 2.62 bits per heavy atom. The van der Waals surface area contributed by atoms with Crippen molar-refractivity contribution in [1.82, 2.24) is 14.7 Å². The molecule has 0 N–H and O–H groups in total. The van der Waals surface area contributed by atoms with Gasteiger partial charge in [-0.15, -0.1) is 0 Å². The van der Waals surface area contributed by atoms with Gasteiger partial charge in [-0.25, -0.2) is 0 Å². The zero-order chi connectivity index (χ0) is 20.4. The van der Waals surface area contributed by atoms with Gasteiger partial charge in [-0.2, -0.15) is 5.10 Å². The fourth-order valence-corrected chi connectivity index (χ4v) is 4.22. The average Bonchev–Trinajstić information content (AvgIpc) is 3.11. The van der Waals surface area contributed by atoms with Crippen LogP contribution in [-0.4, -0.2) is 58.3 Å². The number of anilines is 1. The molecule has 0 saturated carbocycles. The lowest BCUT2D eigenvalue weighted by Gasteiger charge is -2.47. The van der Waals surface area contributed by atoms with Crippen molar-refractivity contribution in [2.75, 3.05) is 31.1 Å². The number of para-hydroxylation sites is 1. The van der Waals surface area contributed by atoms with Gasteiger partial charge in [0.2, 0.25) is 0 Å². The van der Waals surface area contributed by atoms with E-state index in [1.54, 1.807) is 0 Å². The van der Waals surface area contributed by atoms with E-state index in [9.17, 15) is 9.59 Å². The van der Waals surface area contributed by atoms with E-state index in [1.165, 1.54) is 0 Å². The summed E-state index contributed by atoms with van der Waals surface area (Å²) in [7, 11) is 0. The Hall–Kier alpha value is -2.67. The predicted molar refractivity (Wildman–Crippen MR) is 110 cm³/mol. The number of hydrogen-bond acceptors (Lipinski definition) is 4. The normalized spacial score (nSPS) is 19.0. The Bertz CT molecular complexity index is 885. The molecule has 2 aliphatic heterocycles. The highest BCUT2D eigenvalue weighted by Crippen LogP contribution is 2.33. The van der Waals surface area contributed by atoms with Crippen molar-refractivity contribution in [3.05, 3.63) is 47.8 Å². The number of piperidine rings is 1. The maximum Gasteiger partial charge on any atom is 0.257 e. The van der Waals surface area contributed by atoms with Gasteiger partial charge in [0.1, 0.15) is 6.61 Å². The minimum absolute atomic E-state index is 0.0145. The number of likely N-dealkylation sites (tertiary alicyclic amines) is 1. The summed E-state index contributed by atoms with van der Waals surface area (Å²) in [5, 5.41) is 4.45.